The number of carbonyl (C=O) groups is 2. The summed E-state index contributed by atoms with van der Waals surface area (Å²) in [5.41, 5.74) is 0. The highest BCUT2D eigenvalue weighted by Gasteiger charge is 2.18. The molecule has 0 aliphatic rings. The third kappa shape index (κ3) is 67.0. The lowest BCUT2D eigenvalue weighted by atomic mass is 10.0. The van der Waals surface area contributed by atoms with Gasteiger partial charge in [-0.05, 0) is 89.9 Å². The number of carbonyl (C=O) groups excluding carboxylic acids is 2. The molecule has 0 aliphatic heterocycles. The average molecular weight is 1150 g/mol. The van der Waals surface area contributed by atoms with Crippen LogP contribution in [0, 0.1) is 0 Å². The lowest BCUT2D eigenvalue weighted by Gasteiger charge is -2.20. The number of rotatable bonds is 69. The summed E-state index contributed by atoms with van der Waals surface area (Å²) in [6, 6.07) is -0.623. The number of hydrogen-bond donors (Lipinski definition) is 3. The maximum absolute atomic E-state index is 12.4. The zero-order chi connectivity index (χ0) is 59.2. The minimum atomic E-state index is -0.840. The van der Waals surface area contributed by atoms with Crippen LogP contribution in [-0.4, -0.2) is 47.4 Å². The fourth-order valence-electron chi connectivity index (χ4n) is 11.4. The van der Waals surface area contributed by atoms with Crippen LogP contribution in [-0.2, 0) is 14.3 Å². The Labute approximate surface area is 512 Å². The second-order valence-corrected chi connectivity index (χ2v) is 25.3. The molecule has 482 valence electrons. The van der Waals surface area contributed by atoms with Gasteiger partial charge in [-0.15, -0.1) is 0 Å². The minimum absolute atomic E-state index is 0.00828. The van der Waals surface area contributed by atoms with Crippen LogP contribution in [0.3, 0.4) is 0 Å². The first-order valence-electron chi connectivity index (χ1n) is 36.9. The molecule has 0 spiro atoms. The van der Waals surface area contributed by atoms with Gasteiger partial charge in [0.25, 0.3) is 0 Å². The molecule has 2 atom stereocenters. The van der Waals surface area contributed by atoms with E-state index in [1.54, 1.807) is 6.08 Å². The van der Waals surface area contributed by atoms with E-state index in [4.69, 9.17) is 4.74 Å². The van der Waals surface area contributed by atoms with E-state index < -0.39 is 12.1 Å². The zero-order valence-corrected chi connectivity index (χ0v) is 55.2. The Bertz CT molecular complexity index is 1370. The maximum Gasteiger partial charge on any atom is 0.305 e. The first-order valence-corrected chi connectivity index (χ1v) is 36.9. The minimum Gasteiger partial charge on any atom is -0.466 e. The first kappa shape index (κ1) is 79.8. The topological polar surface area (TPSA) is 95.9 Å². The van der Waals surface area contributed by atoms with E-state index >= 15 is 0 Å². The number of ether oxygens (including phenoxy) is 1. The van der Waals surface area contributed by atoms with Gasteiger partial charge in [0.2, 0.25) is 5.91 Å². The number of unbranched alkanes of at least 4 members (excludes halogenated alkanes) is 52. The molecule has 0 bridgehead atoms. The van der Waals surface area contributed by atoms with Gasteiger partial charge >= 0.3 is 5.97 Å². The summed E-state index contributed by atoms with van der Waals surface area (Å²) in [6.07, 6.45) is 93.7. The lowest BCUT2D eigenvalue weighted by Crippen LogP contribution is -2.45. The molecule has 0 aliphatic carbocycles. The van der Waals surface area contributed by atoms with Crippen LogP contribution in [0.15, 0.2) is 48.6 Å². The van der Waals surface area contributed by atoms with Crippen LogP contribution in [0.25, 0.3) is 0 Å². The van der Waals surface area contributed by atoms with Crippen molar-refractivity contribution in [3.05, 3.63) is 48.6 Å². The fraction of sp³-hybridized carbons (Fsp3) is 0.868. The maximum atomic E-state index is 12.4. The number of esters is 1. The first-order chi connectivity index (χ1) is 40.5. The van der Waals surface area contributed by atoms with Crippen molar-refractivity contribution in [3.63, 3.8) is 0 Å². The van der Waals surface area contributed by atoms with E-state index in [1.165, 1.54) is 321 Å². The van der Waals surface area contributed by atoms with E-state index in [9.17, 15) is 19.8 Å². The average Bonchev–Trinajstić information content (AvgIpc) is 3.48. The van der Waals surface area contributed by atoms with Crippen molar-refractivity contribution in [2.75, 3.05) is 13.2 Å². The SMILES string of the molecule is CCCCC/C=C\C/C=C\CCCCCCCC(=O)OCCCCCCCCCCCCCCCCCCCC/C=C\CCCCCCCCCCCCCCCCCCCC(=O)NC(CO)C(O)/C=C/CCCCCCCCCCC. The summed E-state index contributed by atoms with van der Waals surface area (Å²) < 4.78 is 5.49. The normalized spacial score (nSPS) is 12.8. The molecule has 0 rings (SSSR count). The molecule has 1 amide bonds. The number of nitrogens with one attached hydrogen (secondary N) is 1. The summed E-state index contributed by atoms with van der Waals surface area (Å²) in [4.78, 5) is 24.5. The fourth-order valence-corrected chi connectivity index (χ4v) is 11.4. The molecule has 0 aromatic heterocycles. The molecular weight excluding hydrogens is 1010 g/mol. The number of aliphatic hydroxyl groups is 2. The van der Waals surface area contributed by atoms with E-state index in [0.717, 1.165) is 51.4 Å². The summed E-state index contributed by atoms with van der Waals surface area (Å²) in [7, 11) is 0. The van der Waals surface area contributed by atoms with Gasteiger partial charge in [0.15, 0.2) is 0 Å². The second-order valence-electron chi connectivity index (χ2n) is 25.3. The highest BCUT2D eigenvalue weighted by atomic mass is 16.5. The van der Waals surface area contributed by atoms with Crippen molar-refractivity contribution in [2.45, 2.75) is 411 Å². The van der Waals surface area contributed by atoms with E-state index in [-0.39, 0.29) is 18.5 Å². The van der Waals surface area contributed by atoms with Crippen molar-refractivity contribution in [2.24, 2.45) is 0 Å². The predicted molar refractivity (Wildman–Crippen MR) is 361 cm³/mol. The van der Waals surface area contributed by atoms with Crippen molar-refractivity contribution in [1.82, 2.24) is 5.32 Å². The van der Waals surface area contributed by atoms with Gasteiger partial charge in [0, 0.05) is 12.8 Å². The number of amides is 1. The number of allylic oxidation sites excluding steroid dienone is 7. The molecule has 0 radical (unpaired) electrons. The third-order valence-corrected chi connectivity index (χ3v) is 17.1. The van der Waals surface area contributed by atoms with Gasteiger partial charge in [-0.2, -0.15) is 0 Å². The van der Waals surface area contributed by atoms with Gasteiger partial charge in [0.1, 0.15) is 0 Å². The van der Waals surface area contributed by atoms with Crippen LogP contribution in [0.2, 0.25) is 0 Å². The molecule has 0 heterocycles. The molecule has 0 fully saturated rings. The Balaban J connectivity index is 3.32. The Morgan fingerprint density at radius 3 is 0.963 bits per heavy atom. The Hall–Kier alpha value is -2.18. The van der Waals surface area contributed by atoms with Crippen LogP contribution >= 0.6 is 0 Å². The predicted octanol–water partition coefficient (Wildman–Crippen LogP) is 24.0. The molecule has 0 saturated carbocycles. The van der Waals surface area contributed by atoms with Gasteiger partial charge in [-0.3, -0.25) is 9.59 Å². The van der Waals surface area contributed by atoms with Crippen LogP contribution in [0.5, 0.6) is 0 Å². The van der Waals surface area contributed by atoms with Crippen LogP contribution in [0.1, 0.15) is 399 Å². The Morgan fingerprint density at radius 2 is 0.610 bits per heavy atom. The van der Waals surface area contributed by atoms with Gasteiger partial charge < -0.3 is 20.3 Å². The van der Waals surface area contributed by atoms with E-state index in [1.807, 2.05) is 6.08 Å². The summed E-state index contributed by atoms with van der Waals surface area (Å²) in [5.74, 6) is -0.0554. The monoisotopic (exact) mass is 1150 g/mol. The number of hydrogen-bond acceptors (Lipinski definition) is 5. The molecule has 0 saturated heterocycles. The van der Waals surface area contributed by atoms with Gasteiger partial charge in [-0.1, -0.05) is 345 Å². The molecule has 0 aromatic rings. The van der Waals surface area contributed by atoms with Crippen molar-refractivity contribution >= 4 is 11.9 Å². The van der Waals surface area contributed by atoms with Gasteiger partial charge in [0.05, 0.1) is 25.4 Å². The molecule has 82 heavy (non-hydrogen) atoms. The van der Waals surface area contributed by atoms with E-state index in [2.05, 4.69) is 55.6 Å². The highest BCUT2D eigenvalue weighted by molar-refractivity contribution is 5.76. The smallest absolute Gasteiger partial charge is 0.305 e. The summed E-state index contributed by atoms with van der Waals surface area (Å²) in [5, 5.41) is 23.1. The zero-order valence-electron chi connectivity index (χ0n) is 55.2. The molecule has 6 heteroatoms. The van der Waals surface area contributed by atoms with Crippen LogP contribution < -0.4 is 5.32 Å². The van der Waals surface area contributed by atoms with Crippen molar-refractivity contribution < 1.29 is 24.5 Å². The number of aliphatic hydroxyl groups excluding tert-OH is 2. The Kier molecular flexibility index (Phi) is 69.4. The molecular formula is C76H143NO5. The third-order valence-electron chi connectivity index (χ3n) is 17.1. The lowest BCUT2D eigenvalue weighted by molar-refractivity contribution is -0.143. The largest absolute Gasteiger partial charge is 0.466 e. The Morgan fingerprint density at radius 1 is 0.341 bits per heavy atom. The standard InChI is InChI=1S/C76H143NO5/c1-3-5-7-9-11-13-15-16-42-46-50-54-58-62-66-70-76(81)82-71-67-63-59-55-51-47-44-41-39-37-35-33-31-29-27-25-23-21-19-17-18-20-22-24-26-28-30-32-34-36-38-40-43-45-49-53-57-61-65-69-75(80)77-73(72-78)74(79)68-64-60-56-52-48-14-12-10-8-6-4-2/h11,13,16-18,42,64,68,73-74,78-79H,3-10,12,14-15,19-41,43-63,65-67,69-72H2,1-2H3,(H,77,80)/b13-11-,18-17-,42-16-,68-64+. The molecule has 3 N–H and O–H groups in total. The van der Waals surface area contributed by atoms with Crippen molar-refractivity contribution in [3.8, 4) is 0 Å². The second kappa shape index (κ2) is 71.3. The summed E-state index contributed by atoms with van der Waals surface area (Å²) in [6.45, 7) is 4.88. The van der Waals surface area contributed by atoms with Crippen molar-refractivity contribution in [1.29, 1.82) is 0 Å². The van der Waals surface area contributed by atoms with Crippen LogP contribution in [0.4, 0.5) is 0 Å². The van der Waals surface area contributed by atoms with E-state index in [0.29, 0.717) is 19.4 Å². The molecule has 6 nitrogen and oxygen atoms in total. The molecule has 2 unspecified atom stereocenters. The van der Waals surface area contributed by atoms with Gasteiger partial charge in [-0.25, -0.2) is 0 Å². The quantitative estimate of drug-likeness (QED) is 0.0320. The highest BCUT2D eigenvalue weighted by Crippen LogP contribution is 2.19. The summed E-state index contributed by atoms with van der Waals surface area (Å²) >= 11 is 0. The molecule has 0 aromatic carbocycles.